The van der Waals surface area contributed by atoms with E-state index in [1.807, 2.05) is 0 Å². The Morgan fingerprint density at radius 2 is 1.83 bits per heavy atom. The maximum absolute atomic E-state index is 11.8. The van der Waals surface area contributed by atoms with Crippen molar-refractivity contribution in [1.82, 2.24) is 5.32 Å². The first-order chi connectivity index (χ1) is 10.6. The van der Waals surface area contributed by atoms with Crippen molar-refractivity contribution in [2.24, 2.45) is 0 Å². The number of alkyl carbamates (subject to hydrolysis) is 1. The molecule has 0 fully saturated rings. The molecule has 23 heavy (non-hydrogen) atoms. The van der Waals surface area contributed by atoms with Crippen molar-refractivity contribution in [2.75, 3.05) is 14.2 Å². The molecule has 1 aromatic rings. The standard InChI is InChI=1S/C16H24N2O5/c1-16(2,3)23-15(20)17-13(14(19)22-5)10-11-6-8-12(9-7-11)18(4)21/h6-9,13,18H,10H2,1-5H3,(H,17,20). The molecular weight excluding hydrogens is 300 g/mol. The summed E-state index contributed by atoms with van der Waals surface area (Å²) in [5.41, 5.74) is 0.721. The fourth-order valence-corrected chi connectivity index (χ4v) is 1.90. The van der Waals surface area contributed by atoms with Crippen LogP contribution in [0, 0.1) is 5.21 Å². The van der Waals surface area contributed by atoms with Gasteiger partial charge in [-0.1, -0.05) is 12.1 Å². The Morgan fingerprint density at radius 3 is 2.26 bits per heavy atom. The first-order valence-corrected chi connectivity index (χ1v) is 7.29. The number of benzene rings is 1. The summed E-state index contributed by atoms with van der Waals surface area (Å²) in [6.45, 7) is 5.21. The van der Waals surface area contributed by atoms with E-state index in [4.69, 9.17) is 9.47 Å². The molecule has 2 unspecified atom stereocenters. The zero-order valence-corrected chi connectivity index (χ0v) is 14.1. The van der Waals surface area contributed by atoms with Crippen LogP contribution in [0.1, 0.15) is 26.3 Å². The largest absolute Gasteiger partial charge is 0.629 e. The summed E-state index contributed by atoms with van der Waals surface area (Å²) in [4.78, 5) is 23.7. The van der Waals surface area contributed by atoms with Crippen molar-refractivity contribution in [3.05, 3.63) is 35.0 Å². The van der Waals surface area contributed by atoms with Crippen LogP contribution in [0.3, 0.4) is 0 Å². The predicted octanol–water partition coefficient (Wildman–Crippen LogP) is 0.939. The molecule has 1 aromatic carbocycles. The number of quaternary nitrogens is 1. The first kappa shape index (κ1) is 18.9. The molecule has 1 amide bonds. The molecular formula is C16H24N2O5. The van der Waals surface area contributed by atoms with Crippen LogP contribution in [0.2, 0.25) is 0 Å². The van der Waals surface area contributed by atoms with Crippen LogP contribution in [0.4, 0.5) is 10.5 Å². The lowest BCUT2D eigenvalue weighted by molar-refractivity contribution is -0.751. The van der Waals surface area contributed by atoms with Gasteiger partial charge in [0, 0.05) is 6.42 Å². The Labute approximate surface area is 136 Å². The van der Waals surface area contributed by atoms with Gasteiger partial charge < -0.3 is 25.1 Å². The number of rotatable bonds is 5. The maximum atomic E-state index is 11.8. The fraction of sp³-hybridized carbons (Fsp3) is 0.500. The van der Waals surface area contributed by atoms with E-state index in [0.29, 0.717) is 5.69 Å². The Bertz CT molecular complexity index is 534. The van der Waals surface area contributed by atoms with E-state index in [-0.39, 0.29) is 11.5 Å². The average Bonchev–Trinajstić information content (AvgIpc) is 2.44. The van der Waals surface area contributed by atoms with E-state index in [2.05, 4.69) is 5.32 Å². The number of amides is 1. The van der Waals surface area contributed by atoms with Crippen molar-refractivity contribution in [1.29, 1.82) is 0 Å². The van der Waals surface area contributed by atoms with E-state index in [0.717, 1.165) is 5.56 Å². The van der Waals surface area contributed by atoms with Crippen LogP contribution in [0.25, 0.3) is 0 Å². The molecule has 0 aromatic heterocycles. The lowest BCUT2D eigenvalue weighted by Crippen LogP contribution is -2.98. The number of carbonyl (C=O) groups is 2. The highest BCUT2D eigenvalue weighted by Gasteiger charge is 2.25. The van der Waals surface area contributed by atoms with Crippen LogP contribution in [0.5, 0.6) is 0 Å². The third-order valence-electron chi connectivity index (χ3n) is 2.98. The molecule has 7 nitrogen and oxygen atoms in total. The number of ether oxygens (including phenoxy) is 2. The number of hydrogen-bond donors (Lipinski definition) is 2. The first-order valence-electron chi connectivity index (χ1n) is 7.29. The van der Waals surface area contributed by atoms with Gasteiger partial charge in [-0.05, 0) is 38.5 Å². The quantitative estimate of drug-likeness (QED) is 0.621. The molecule has 0 bridgehead atoms. The number of methoxy groups -OCH3 is 1. The summed E-state index contributed by atoms with van der Waals surface area (Å²) in [6, 6.07) is 5.98. The number of carbonyl (C=O) groups excluding carboxylic acids is 2. The predicted molar refractivity (Wildman–Crippen MR) is 85.2 cm³/mol. The molecule has 0 radical (unpaired) electrons. The molecule has 0 aliphatic rings. The number of hydroxylamine groups is 1. The second kappa shape index (κ2) is 7.94. The number of hydrogen-bond acceptors (Lipinski definition) is 5. The van der Waals surface area contributed by atoms with Crippen LogP contribution in [0.15, 0.2) is 24.3 Å². The lowest BCUT2D eigenvalue weighted by atomic mass is 10.1. The molecule has 0 saturated heterocycles. The maximum Gasteiger partial charge on any atom is 0.408 e. The van der Waals surface area contributed by atoms with Gasteiger partial charge in [0.25, 0.3) is 0 Å². The molecule has 0 aliphatic heterocycles. The Kier molecular flexibility index (Phi) is 6.53. The van der Waals surface area contributed by atoms with Gasteiger partial charge >= 0.3 is 12.1 Å². The van der Waals surface area contributed by atoms with E-state index in [9.17, 15) is 14.8 Å². The fourth-order valence-electron chi connectivity index (χ4n) is 1.90. The van der Waals surface area contributed by atoms with Crippen LogP contribution in [-0.2, 0) is 20.7 Å². The van der Waals surface area contributed by atoms with Crippen molar-refractivity contribution < 1.29 is 24.1 Å². The minimum Gasteiger partial charge on any atom is -0.629 e. The van der Waals surface area contributed by atoms with Gasteiger partial charge in [0.2, 0.25) is 0 Å². The van der Waals surface area contributed by atoms with E-state index in [1.54, 1.807) is 45.0 Å². The van der Waals surface area contributed by atoms with Crippen molar-refractivity contribution in [3.63, 3.8) is 0 Å². The summed E-state index contributed by atoms with van der Waals surface area (Å²) < 4.78 is 9.86. The normalized spacial score (nSPS) is 13.8. The van der Waals surface area contributed by atoms with Crippen molar-refractivity contribution in [3.8, 4) is 0 Å². The second-order valence-corrected chi connectivity index (χ2v) is 6.18. The van der Waals surface area contributed by atoms with E-state index in [1.165, 1.54) is 14.2 Å². The summed E-state index contributed by atoms with van der Waals surface area (Å²) in [5.74, 6) is -0.563. The minimum absolute atomic E-state index is 0.0343. The highest BCUT2D eigenvalue weighted by atomic mass is 16.6. The smallest absolute Gasteiger partial charge is 0.408 e. The zero-order valence-electron chi connectivity index (χ0n) is 14.1. The summed E-state index contributed by atoms with van der Waals surface area (Å²) in [7, 11) is 2.74. The van der Waals surface area contributed by atoms with Crippen molar-refractivity contribution in [2.45, 2.75) is 38.8 Å². The molecule has 1 rings (SSSR count). The van der Waals surface area contributed by atoms with Gasteiger partial charge in [-0.3, -0.25) is 0 Å². The molecule has 2 N–H and O–H groups in total. The third-order valence-corrected chi connectivity index (χ3v) is 2.98. The Balaban J connectivity index is 2.78. The summed E-state index contributed by atoms with van der Waals surface area (Å²) in [5, 5.41) is 13.7. The summed E-state index contributed by atoms with van der Waals surface area (Å²) in [6.07, 6.45) is -0.447. The zero-order chi connectivity index (χ0) is 17.6. The average molecular weight is 324 g/mol. The molecule has 0 heterocycles. The Morgan fingerprint density at radius 1 is 1.26 bits per heavy atom. The SMILES string of the molecule is COC(=O)C(Cc1ccc([NH+](C)[O-])cc1)NC(=O)OC(C)(C)C. The lowest BCUT2D eigenvalue weighted by Gasteiger charge is -2.22. The summed E-state index contributed by atoms with van der Waals surface area (Å²) >= 11 is 0. The van der Waals surface area contributed by atoms with Gasteiger partial charge in [0.15, 0.2) is 0 Å². The van der Waals surface area contributed by atoms with Gasteiger partial charge in [-0.25, -0.2) is 9.59 Å². The van der Waals surface area contributed by atoms with Gasteiger partial charge in [0.05, 0.1) is 14.2 Å². The molecule has 0 spiro atoms. The second-order valence-electron chi connectivity index (χ2n) is 6.18. The highest BCUT2D eigenvalue weighted by Crippen LogP contribution is 2.11. The van der Waals surface area contributed by atoms with Crippen LogP contribution >= 0.6 is 0 Å². The topological polar surface area (TPSA) is 92.1 Å². The monoisotopic (exact) mass is 324 g/mol. The van der Waals surface area contributed by atoms with Crippen LogP contribution < -0.4 is 10.4 Å². The molecule has 0 aliphatic carbocycles. The molecule has 7 heteroatoms. The van der Waals surface area contributed by atoms with Gasteiger partial charge in [-0.15, -0.1) is 0 Å². The minimum atomic E-state index is -0.863. The van der Waals surface area contributed by atoms with Gasteiger partial charge in [0.1, 0.15) is 17.3 Å². The Hall–Kier alpha value is -2.12. The number of esters is 1. The van der Waals surface area contributed by atoms with Crippen LogP contribution in [-0.4, -0.2) is 37.9 Å². The van der Waals surface area contributed by atoms with Gasteiger partial charge in [-0.2, -0.15) is 0 Å². The molecule has 128 valence electrons. The molecule has 0 saturated carbocycles. The highest BCUT2D eigenvalue weighted by molar-refractivity contribution is 5.81. The number of nitrogens with one attached hydrogen (secondary N) is 2. The molecule has 2 atom stereocenters. The third kappa shape index (κ3) is 6.66. The van der Waals surface area contributed by atoms with Crippen molar-refractivity contribution >= 4 is 17.7 Å². The van der Waals surface area contributed by atoms with E-state index < -0.39 is 23.7 Å². The van der Waals surface area contributed by atoms with E-state index >= 15 is 0 Å².